The fourth-order valence-electron chi connectivity index (χ4n) is 3.60. The van der Waals surface area contributed by atoms with Gasteiger partial charge in [-0.15, -0.1) is 0 Å². The van der Waals surface area contributed by atoms with Crippen LogP contribution in [0.15, 0.2) is 83.9 Å². The summed E-state index contributed by atoms with van der Waals surface area (Å²) in [5.74, 6) is 0.302. The van der Waals surface area contributed by atoms with Gasteiger partial charge in [0.2, 0.25) is 5.88 Å². The number of imidazole rings is 1. The van der Waals surface area contributed by atoms with Crippen LogP contribution < -0.4 is 10.6 Å². The summed E-state index contributed by atoms with van der Waals surface area (Å²) in [7, 11) is 0. The van der Waals surface area contributed by atoms with Crippen molar-refractivity contribution in [2.24, 2.45) is 0 Å². The third-order valence-corrected chi connectivity index (χ3v) is 5.48. The van der Waals surface area contributed by atoms with Gasteiger partial charge in [0.05, 0.1) is 17.6 Å². The van der Waals surface area contributed by atoms with Crippen LogP contribution in [0.1, 0.15) is 26.5 Å². The molecule has 2 amide bonds. The Morgan fingerprint density at radius 3 is 2.38 bits per heavy atom. The number of fused-ring (bicyclic) bond motifs is 1. The minimum absolute atomic E-state index is 0.159. The number of benzene rings is 1. The highest BCUT2D eigenvalue weighted by Crippen LogP contribution is 2.26. The average Bonchev–Trinajstić information content (AvgIpc) is 3.47. The van der Waals surface area contributed by atoms with E-state index in [-0.39, 0.29) is 5.41 Å². The van der Waals surface area contributed by atoms with Crippen LogP contribution in [-0.2, 0) is 5.41 Å². The van der Waals surface area contributed by atoms with Crippen molar-refractivity contribution in [3.63, 3.8) is 0 Å². The Labute approximate surface area is 196 Å². The van der Waals surface area contributed by atoms with Crippen LogP contribution in [0.3, 0.4) is 0 Å². The van der Waals surface area contributed by atoms with Crippen LogP contribution in [0.2, 0.25) is 0 Å². The van der Waals surface area contributed by atoms with Gasteiger partial charge in [0.15, 0.2) is 0 Å². The standard InChI is InChI=1S/C26H24N6O2/c1-26(2,3)22-15-24(34-31-22)30-25(33)29-20-6-4-18(5-7-20)21-16-28-23-14-19(10-13-32(21)23)17-8-11-27-12-9-17/h4-16H,1-3H3,(H2,29,30,33). The summed E-state index contributed by atoms with van der Waals surface area (Å²) in [5.41, 5.74) is 6.25. The van der Waals surface area contributed by atoms with Crippen LogP contribution in [0.5, 0.6) is 0 Å². The summed E-state index contributed by atoms with van der Waals surface area (Å²) in [6.07, 6.45) is 7.41. The highest BCUT2D eigenvalue weighted by Gasteiger charge is 2.19. The molecule has 8 nitrogen and oxygen atoms in total. The Bertz CT molecular complexity index is 1450. The number of hydrogen-bond acceptors (Lipinski definition) is 5. The van der Waals surface area contributed by atoms with Crippen LogP contribution in [0, 0.1) is 0 Å². The molecule has 0 bridgehead atoms. The first-order valence-corrected chi connectivity index (χ1v) is 10.9. The molecule has 4 heterocycles. The Balaban J connectivity index is 1.29. The normalized spacial score (nSPS) is 11.5. The number of pyridine rings is 2. The molecular formula is C26H24N6O2. The van der Waals surface area contributed by atoms with Crippen molar-refractivity contribution in [2.45, 2.75) is 26.2 Å². The molecule has 170 valence electrons. The zero-order valence-electron chi connectivity index (χ0n) is 19.1. The molecule has 1 aromatic carbocycles. The van der Waals surface area contributed by atoms with E-state index in [0.29, 0.717) is 11.6 Å². The van der Waals surface area contributed by atoms with Crippen molar-refractivity contribution in [3.05, 3.63) is 85.1 Å². The van der Waals surface area contributed by atoms with Gasteiger partial charge in [-0.25, -0.2) is 9.78 Å². The number of urea groups is 1. The van der Waals surface area contributed by atoms with Crippen LogP contribution in [-0.4, -0.2) is 25.6 Å². The minimum atomic E-state index is -0.400. The van der Waals surface area contributed by atoms with E-state index in [2.05, 4.69) is 31.8 Å². The third kappa shape index (κ3) is 4.38. The topological polar surface area (TPSA) is 97.3 Å². The zero-order valence-corrected chi connectivity index (χ0v) is 19.1. The van der Waals surface area contributed by atoms with Crippen molar-refractivity contribution in [1.29, 1.82) is 0 Å². The van der Waals surface area contributed by atoms with Crippen molar-refractivity contribution < 1.29 is 9.32 Å². The lowest BCUT2D eigenvalue weighted by Crippen LogP contribution is -2.19. The highest BCUT2D eigenvalue weighted by molar-refractivity contribution is 5.99. The van der Waals surface area contributed by atoms with Gasteiger partial charge in [0, 0.05) is 41.3 Å². The second kappa shape index (κ2) is 8.47. The summed E-state index contributed by atoms with van der Waals surface area (Å²) in [5, 5.41) is 9.49. The Morgan fingerprint density at radius 2 is 1.68 bits per heavy atom. The molecule has 4 aromatic heterocycles. The van der Waals surface area contributed by atoms with E-state index in [9.17, 15) is 4.79 Å². The number of rotatable bonds is 4. The lowest BCUT2D eigenvalue weighted by molar-refractivity contribution is 0.261. The summed E-state index contributed by atoms with van der Waals surface area (Å²) >= 11 is 0. The fraction of sp³-hybridized carbons (Fsp3) is 0.154. The lowest BCUT2D eigenvalue weighted by atomic mass is 9.92. The van der Waals surface area contributed by atoms with Crippen LogP contribution in [0.4, 0.5) is 16.4 Å². The number of anilines is 2. The molecule has 0 aliphatic heterocycles. The smallest absolute Gasteiger partial charge is 0.326 e. The van der Waals surface area contributed by atoms with E-state index in [0.717, 1.165) is 33.7 Å². The van der Waals surface area contributed by atoms with Gasteiger partial charge < -0.3 is 9.84 Å². The van der Waals surface area contributed by atoms with Gasteiger partial charge in [-0.2, -0.15) is 0 Å². The van der Waals surface area contributed by atoms with Gasteiger partial charge >= 0.3 is 6.03 Å². The first-order valence-electron chi connectivity index (χ1n) is 10.9. The fourth-order valence-corrected chi connectivity index (χ4v) is 3.60. The second-order valence-corrected chi connectivity index (χ2v) is 9.01. The molecule has 0 aliphatic rings. The molecule has 5 aromatic rings. The number of hydrogen-bond donors (Lipinski definition) is 2. The Kier molecular flexibility index (Phi) is 5.33. The molecule has 0 radical (unpaired) electrons. The molecule has 5 rings (SSSR count). The maximum absolute atomic E-state index is 12.4. The van der Waals surface area contributed by atoms with Gasteiger partial charge in [0.25, 0.3) is 0 Å². The summed E-state index contributed by atoms with van der Waals surface area (Å²) in [6, 6.07) is 17.0. The van der Waals surface area contributed by atoms with E-state index >= 15 is 0 Å². The molecule has 0 aliphatic carbocycles. The Morgan fingerprint density at radius 1 is 0.912 bits per heavy atom. The average molecular weight is 453 g/mol. The lowest BCUT2D eigenvalue weighted by Gasteiger charge is -2.12. The van der Waals surface area contributed by atoms with Crippen molar-refractivity contribution >= 4 is 23.2 Å². The van der Waals surface area contributed by atoms with E-state index < -0.39 is 6.03 Å². The zero-order chi connectivity index (χ0) is 23.7. The molecule has 0 unspecified atom stereocenters. The predicted molar refractivity (Wildman–Crippen MR) is 132 cm³/mol. The molecule has 0 fully saturated rings. The van der Waals surface area contributed by atoms with E-state index in [1.54, 1.807) is 18.5 Å². The van der Waals surface area contributed by atoms with E-state index in [4.69, 9.17) is 4.52 Å². The number of nitrogens with zero attached hydrogens (tertiary/aromatic N) is 4. The number of amides is 2. The second-order valence-electron chi connectivity index (χ2n) is 9.01. The number of carbonyl (C=O) groups is 1. The number of carbonyl (C=O) groups excluding carboxylic acids is 1. The number of aromatic nitrogens is 4. The molecule has 8 heteroatoms. The minimum Gasteiger partial charge on any atom is -0.338 e. The molecule has 0 spiro atoms. The molecule has 0 saturated heterocycles. The number of nitrogens with one attached hydrogen (secondary N) is 2. The molecule has 0 saturated carbocycles. The highest BCUT2D eigenvalue weighted by atomic mass is 16.5. The van der Waals surface area contributed by atoms with Gasteiger partial charge in [-0.05, 0) is 47.5 Å². The maximum Gasteiger partial charge on any atom is 0.326 e. The van der Waals surface area contributed by atoms with Crippen LogP contribution >= 0.6 is 0 Å². The predicted octanol–water partition coefficient (Wildman–Crippen LogP) is 5.99. The maximum atomic E-state index is 12.4. The Hall–Kier alpha value is -4.46. The first kappa shape index (κ1) is 21.4. The van der Waals surface area contributed by atoms with Crippen molar-refractivity contribution in [2.75, 3.05) is 10.6 Å². The monoisotopic (exact) mass is 452 g/mol. The molecule has 2 N–H and O–H groups in total. The van der Waals surface area contributed by atoms with Gasteiger partial charge in [-0.3, -0.25) is 14.7 Å². The van der Waals surface area contributed by atoms with Gasteiger partial charge in [-0.1, -0.05) is 38.1 Å². The SMILES string of the molecule is CC(C)(C)c1cc(NC(=O)Nc2ccc(-c3cnc4cc(-c5ccncc5)ccn34)cc2)on1. The van der Waals surface area contributed by atoms with Gasteiger partial charge in [0.1, 0.15) is 5.65 Å². The summed E-state index contributed by atoms with van der Waals surface area (Å²) in [6.45, 7) is 6.08. The van der Waals surface area contributed by atoms with Crippen LogP contribution in [0.25, 0.3) is 28.0 Å². The quantitative estimate of drug-likeness (QED) is 0.349. The van der Waals surface area contributed by atoms with E-state index in [1.165, 1.54) is 0 Å². The summed E-state index contributed by atoms with van der Waals surface area (Å²) < 4.78 is 7.25. The van der Waals surface area contributed by atoms with Crippen molar-refractivity contribution in [1.82, 2.24) is 19.5 Å². The van der Waals surface area contributed by atoms with Crippen molar-refractivity contribution in [3.8, 4) is 22.4 Å². The summed E-state index contributed by atoms with van der Waals surface area (Å²) in [4.78, 5) is 21.0. The molecule has 0 atom stereocenters. The molecule has 34 heavy (non-hydrogen) atoms. The van der Waals surface area contributed by atoms with E-state index in [1.807, 2.05) is 80.0 Å². The largest absolute Gasteiger partial charge is 0.338 e. The third-order valence-electron chi connectivity index (χ3n) is 5.48. The molecular weight excluding hydrogens is 428 g/mol. The first-order chi connectivity index (χ1) is 16.4.